The molecule has 0 fully saturated rings. The number of aryl methyl sites for hydroxylation is 1. The van der Waals surface area contributed by atoms with E-state index in [2.05, 4.69) is 5.32 Å². The van der Waals surface area contributed by atoms with Gasteiger partial charge in [0.2, 0.25) is 0 Å². The van der Waals surface area contributed by atoms with Gasteiger partial charge in [0.05, 0.1) is 8.67 Å². The summed E-state index contributed by atoms with van der Waals surface area (Å²) in [6.07, 6.45) is 0.685. The highest BCUT2D eigenvalue weighted by atomic mass is 35.5. The van der Waals surface area contributed by atoms with E-state index in [1.165, 1.54) is 17.4 Å². The SMILES string of the molecule is CCNC(Cc1cc(F)ccc1C)c1cc(Cl)sc1Cl. The Morgan fingerprint density at radius 3 is 2.65 bits per heavy atom. The average Bonchev–Trinajstić information content (AvgIpc) is 2.72. The lowest BCUT2D eigenvalue weighted by atomic mass is 9.97. The van der Waals surface area contributed by atoms with Crippen molar-refractivity contribution in [2.24, 2.45) is 0 Å². The van der Waals surface area contributed by atoms with Gasteiger partial charge in [-0.05, 0) is 49.2 Å². The van der Waals surface area contributed by atoms with Gasteiger partial charge in [-0.3, -0.25) is 0 Å². The number of benzene rings is 1. The molecule has 2 rings (SSSR count). The van der Waals surface area contributed by atoms with Crippen LogP contribution in [0.1, 0.15) is 29.7 Å². The molecule has 2 aromatic rings. The minimum absolute atomic E-state index is 0.0387. The van der Waals surface area contributed by atoms with Gasteiger partial charge in [0.1, 0.15) is 5.82 Å². The molecular formula is C15H16Cl2FNS. The quantitative estimate of drug-likeness (QED) is 0.773. The van der Waals surface area contributed by atoms with Crippen molar-refractivity contribution in [3.63, 3.8) is 0 Å². The summed E-state index contributed by atoms with van der Waals surface area (Å²) in [6.45, 7) is 4.83. The van der Waals surface area contributed by atoms with E-state index in [9.17, 15) is 4.39 Å². The highest BCUT2D eigenvalue weighted by Crippen LogP contribution is 2.36. The second-order valence-corrected chi connectivity index (χ2v) is 6.95. The summed E-state index contributed by atoms with van der Waals surface area (Å²) < 4.78 is 14.8. The number of nitrogens with one attached hydrogen (secondary N) is 1. The van der Waals surface area contributed by atoms with Gasteiger partial charge in [0.15, 0.2) is 0 Å². The average molecular weight is 332 g/mol. The lowest BCUT2D eigenvalue weighted by Crippen LogP contribution is -2.23. The van der Waals surface area contributed by atoms with Crippen molar-refractivity contribution in [3.8, 4) is 0 Å². The van der Waals surface area contributed by atoms with E-state index in [0.29, 0.717) is 15.1 Å². The van der Waals surface area contributed by atoms with Crippen LogP contribution >= 0.6 is 34.5 Å². The van der Waals surface area contributed by atoms with Crippen LogP contribution in [-0.4, -0.2) is 6.54 Å². The summed E-state index contributed by atoms with van der Waals surface area (Å²) in [4.78, 5) is 0. The van der Waals surface area contributed by atoms with Crippen LogP contribution in [0.4, 0.5) is 4.39 Å². The monoisotopic (exact) mass is 331 g/mol. The number of halogens is 3. The second kappa shape index (κ2) is 6.90. The van der Waals surface area contributed by atoms with Crippen LogP contribution in [0.5, 0.6) is 0 Å². The largest absolute Gasteiger partial charge is 0.310 e. The summed E-state index contributed by atoms with van der Waals surface area (Å²) in [5, 5.41) is 3.39. The Bertz CT molecular complexity index is 598. The summed E-state index contributed by atoms with van der Waals surface area (Å²) in [5.41, 5.74) is 3.04. The summed E-state index contributed by atoms with van der Waals surface area (Å²) in [5.74, 6) is -0.213. The molecule has 1 N–H and O–H groups in total. The number of thiophene rings is 1. The molecule has 0 spiro atoms. The molecule has 1 aromatic carbocycles. The molecule has 1 unspecified atom stereocenters. The van der Waals surface area contributed by atoms with Gasteiger partial charge in [-0.15, -0.1) is 11.3 Å². The lowest BCUT2D eigenvalue weighted by Gasteiger charge is -2.19. The van der Waals surface area contributed by atoms with Crippen LogP contribution in [0.15, 0.2) is 24.3 Å². The van der Waals surface area contributed by atoms with E-state index < -0.39 is 0 Å². The first-order valence-corrected chi connectivity index (χ1v) is 8.01. The van der Waals surface area contributed by atoms with Gasteiger partial charge in [-0.2, -0.15) is 0 Å². The summed E-state index contributed by atoms with van der Waals surface area (Å²) in [6, 6.07) is 6.79. The molecule has 0 radical (unpaired) electrons. The van der Waals surface area contributed by atoms with Gasteiger partial charge in [-0.25, -0.2) is 4.39 Å². The maximum Gasteiger partial charge on any atom is 0.123 e. The van der Waals surface area contributed by atoms with Gasteiger partial charge < -0.3 is 5.32 Å². The molecule has 20 heavy (non-hydrogen) atoms. The molecule has 0 saturated heterocycles. The summed E-state index contributed by atoms with van der Waals surface area (Å²) >= 11 is 13.6. The second-order valence-electron chi connectivity index (χ2n) is 4.66. The third-order valence-electron chi connectivity index (χ3n) is 3.24. The third-order valence-corrected chi connectivity index (χ3v) is 4.76. The maximum absolute atomic E-state index is 13.4. The smallest absolute Gasteiger partial charge is 0.123 e. The Hall–Kier alpha value is -0.610. The first-order chi connectivity index (χ1) is 9.51. The zero-order valence-electron chi connectivity index (χ0n) is 11.3. The molecule has 0 aliphatic heterocycles. The lowest BCUT2D eigenvalue weighted by molar-refractivity contribution is 0.547. The van der Waals surface area contributed by atoms with E-state index in [1.807, 2.05) is 19.9 Å². The number of rotatable bonds is 5. The van der Waals surface area contributed by atoms with E-state index >= 15 is 0 Å². The molecule has 1 aromatic heterocycles. The number of likely N-dealkylation sites (N-methyl/N-ethyl adjacent to an activating group) is 1. The van der Waals surface area contributed by atoms with Gasteiger partial charge >= 0.3 is 0 Å². The molecule has 0 bridgehead atoms. The van der Waals surface area contributed by atoms with Crippen LogP contribution in [0.3, 0.4) is 0 Å². The van der Waals surface area contributed by atoms with Crippen molar-refractivity contribution in [3.05, 3.63) is 55.4 Å². The standard InChI is InChI=1S/C15H16Cl2FNS/c1-3-19-13(12-8-14(16)20-15(12)17)7-10-6-11(18)5-4-9(10)2/h4-6,8,13,19H,3,7H2,1-2H3. The molecule has 1 nitrogen and oxygen atoms in total. The third kappa shape index (κ3) is 3.73. The number of hydrogen-bond donors (Lipinski definition) is 1. The van der Waals surface area contributed by atoms with Crippen LogP contribution in [0, 0.1) is 12.7 Å². The van der Waals surface area contributed by atoms with Crippen molar-refractivity contribution >= 4 is 34.5 Å². The zero-order chi connectivity index (χ0) is 14.7. The van der Waals surface area contributed by atoms with Crippen LogP contribution in [0.25, 0.3) is 0 Å². The van der Waals surface area contributed by atoms with E-state index in [4.69, 9.17) is 23.2 Å². The fourth-order valence-electron chi connectivity index (χ4n) is 2.21. The van der Waals surface area contributed by atoms with E-state index in [1.54, 1.807) is 12.1 Å². The van der Waals surface area contributed by atoms with E-state index in [0.717, 1.165) is 23.2 Å². The molecular weight excluding hydrogens is 316 g/mol. The zero-order valence-corrected chi connectivity index (χ0v) is 13.7. The van der Waals surface area contributed by atoms with E-state index in [-0.39, 0.29) is 11.9 Å². The Kier molecular flexibility index (Phi) is 5.44. The Morgan fingerprint density at radius 1 is 1.30 bits per heavy atom. The van der Waals surface area contributed by atoms with Crippen molar-refractivity contribution in [2.45, 2.75) is 26.3 Å². The molecule has 1 heterocycles. The van der Waals surface area contributed by atoms with Crippen molar-refractivity contribution in [1.29, 1.82) is 0 Å². The molecule has 108 valence electrons. The maximum atomic E-state index is 13.4. The Morgan fingerprint density at radius 2 is 2.05 bits per heavy atom. The summed E-state index contributed by atoms with van der Waals surface area (Å²) in [7, 11) is 0. The highest BCUT2D eigenvalue weighted by Gasteiger charge is 2.18. The van der Waals surface area contributed by atoms with Crippen molar-refractivity contribution < 1.29 is 4.39 Å². The van der Waals surface area contributed by atoms with Crippen LogP contribution in [-0.2, 0) is 6.42 Å². The predicted molar refractivity (Wildman–Crippen MR) is 85.6 cm³/mol. The minimum atomic E-state index is -0.213. The predicted octanol–water partition coefficient (Wildman–Crippen LogP) is 5.40. The molecule has 5 heteroatoms. The van der Waals surface area contributed by atoms with Crippen molar-refractivity contribution in [2.75, 3.05) is 6.54 Å². The fourth-order valence-corrected chi connectivity index (χ4v) is 3.79. The normalized spacial score (nSPS) is 12.7. The van der Waals surface area contributed by atoms with Crippen molar-refractivity contribution in [1.82, 2.24) is 5.32 Å². The molecule has 0 aliphatic rings. The van der Waals surface area contributed by atoms with Gasteiger partial charge in [0, 0.05) is 11.6 Å². The topological polar surface area (TPSA) is 12.0 Å². The fraction of sp³-hybridized carbons (Fsp3) is 0.333. The Labute approximate surface area is 132 Å². The first kappa shape index (κ1) is 15.8. The molecule has 0 aliphatic carbocycles. The van der Waals surface area contributed by atoms with Crippen LogP contribution < -0.4 is 5.32 Å². The first-order valence-electron chi connectivity index (χ1n) is 6.44. The van der Waals surface area contributed by atoms with Gasteiger partial charge in [0.25, 0.3) is 0 Å². The molecule has 0 amide bonds. The minimum Gasteiger partial charge on any atom is -0.310 e. The number of hydrogen-bond acceptors (Lipinski definition) is 2. The molecule has 1 atom stereocenters. The molecule has 0 saturated carbocycles. The highest BCUT2D eigenvalue weighted by molar-refractivity contribution is 7.20. The Balaban J connectivity index is 2.30. The van der Waals surface area contributed by atoms with Gasteiger partial charge in [-0.1, -0.05) is 36.2 Å². The van der Waals surface area contributed by atoms with Crippen LogP contribution in [0.2, 0.25) is 8.67 Å².